The molecule has 1 aliphatic rings. The molecule has 0 bridgehead atoms. The summed E-state index contributed by atoms with van der Waals surface area (Å²) in [6, 6.07) is 11.3. The Hall–Kier alpha value is -1.89. The second kappa shape index (κ2) is 8.00. The van der Waals surface area contributed by atoms with E-state index in [1.807, 2.05) is 19.9 Å². The van der Waals surface area contributed by atoms with Crippen LogP contribution < -0.4 is 5.32 Å². The number of nitrogens with zero attached hydrogens (tertiary/aromatic N) is 1. The van der Waals surface area contributed by atoms with Crippen LogP contribution in [0.15, 0.2) is 47.4 Å². The van der Waals surface area contributed by atoms with Crippen molar-refractivity contribution in [2.24, 2.45) is 0 Å². The van der Waals surface area contributed by atoms with Crippen molar-refractivity contribution in [2.75, 3.05) is 11.9 Å². The van der Waals surface area contributed by atoms with Crippen molar-refractivity contribution in [1.29, 1.82) is 0 Å². The highest BCUT2D eigenvalue weighted by molar-refractivity contribution is 7.89. The lowest BCUT2D eigenvalue weighted by molar-refractivity contribution is 0.102. The predicted octanol–water partition coefficient (Wildman–Crippen LogP) is 4.46. The topological polar surface area (TPSA) is 66.5 Å². The number of hydrogen-bond acceptors (Lipinski definition) is 3. The molecule has 1 amide bonds. The molecule has 1 fully saturated rings. The van der Waals surface area contributed by atoms with Gasteiger partial charge in [-0.3, -0.25) is 4.79 Å². The number of halogens is 1. The molecule has 5 nitrogen and oxygen atoms in total. The third-order valence-corrected chi connectivity index (χ3v) is 7.33. The second-order valence-corrected chi connectivity index (χ2v) is 9.20. The molecule has 0 unspecified atom stereocenters. The largest absolute Gasteiger partial charge is 0.322 e. The van der Waals surface area contributed by atoms with Crippen LogP contribution in [0, 0.1) is 6.92 Å². The number of piperidine rings is 1. The number of rotatable bonds is 4. The number of carbonyl (C=O) groups is 1. The van der Waals surface area contributed by atoms with E-state index in [1.165, 1.54) is 24.3 Å². The quantitative estimate of drug-likeness (QED) is 0.814. The van der Waals surface area contributed by atoms with Crippen LogP contribution in [0.5, 0.6) is 0 Å². The Balaban J connectivity index is 1.76. The Morgan fingerprint density at radius 2 is 1.85 bits per heavy atom. The Kier molecular flexibility index (Phi) is 5.89. The minimum absolute atomic E-state index is 0.00184. The third-order valence-electron chi connectivity index (χ3n) is 4.89. The Labute approximate surface area is 165 Å². The Morgan fingerprint density at radius 3 is 2.48 bits per heavy atom. The summed E-state index contributed by atoms with van der Waals surface area (Å²) in [5, 5.41) is 3.35. The summed E-state index contributed by atoms with van der Waals surface area (Å²) in [7, 11) is -3.54. The van der Waals surface area contributed by atoms with Gasteiger partial charge in [0, 0.05) is 28.9 Å². The standard InChI is InChI=1S/C20H23ClN2O3S/c1-14-6-9-17(13-19(14)21)22-20(24)16-7-10-18(11-8-16)27(25,26)23-12-4-3-5-15(23)2/h6-11,13,15H,3-5,12H2,1-2H3,(H,22,24)/t15-/m0/s1. The van der Waals surface area contributed by atoms with Crippen molar-refractivity contribution in [2.45, 2.75) is 44.0 Å². The smallest absolute Gasteiger partial charge is 0.255 e. The van der Waals surface area contributed by atoms with Crippen molar-refractivity contribution in [3.63, 3.8) is 0 Å². The zero-order valence-corrected chi connectivity index (χ0v) is 17.0. The molecule has 27 heavy (non-hydrogen) atoms. The van der Waals surface area contributed by atoms with Crippen molar-refractivity contribution >= 4 is 33.2 Å². The van der Waals surface area contributed by atoms with Gasteiger partial charge in [-0.25, -0.2) is 8.42 Å². The number of benzene rings is 2. The summed E-state index contributed by atoms with van der Waals surface area (Å²) < 4.78 is 27.3. The monoisotopic (exact) mass is 406 g/mol. The molecule has 0 radical (unpaired) electrons. The van der Waals surface area contributed by atoms with Gasteiger partial charge in [-0.15, -0.1) is 0 Å². The van der Waals surface area contributed by atoms with Crippen LogP contribution in [-0.4, -0.2) is 31.2 Å². The van der Waals surface area contributed by atoms with Crippen molar-refractivity contribution < 1.29 is 13.2 Å². The number of hydrogen-bond donors (Lipinski definition) is 1. The maximum absolute atomic E-state index is 12.8. The van der Waals surface area contributed by atoms with E-state index in [9.17, 15) is 13.2 Å². The van der Waals surface area contributed by atoms with E-state index in [1.54, 1.807) is 16.4 Å². The lowest BCUT2D eigenvalue weighted by atomic mass is 10.1. The van der Waals surface area contributed by atoms with Crippen molar-refractivity contribution in [1.82, 2.24) is 4.31 Å². The molecular weight excluding hydrogens is 384 g/mol. The number of nitrogens with one attached hydrogen (secondary N) is 1. The number of amides is 1. The van der Waals surface area contributed by atoms with Crippen LogP contribution in [0.25, 0.3) is 0 Å². The number of aryl methyl sites for hydroxylation is 1. The van der Waals surface area contributed by atoms with E-state index in [2.05, 4.69) is 5.32 Å². The van der Waals surface area contributed by atoms with Gasteiger partial charge in [0.25, 0.3) is 5.91 Å². The molecule has 0 aromatic heterocycles. The maximum Gasteiger partial charge on any atom is 0.255 e. The highest BCUT2D eigenvalue weighted by atomic mass is 35.5. The maximum atomic E-state index is 12.8. The normalized spacial score (nSPS) is 18.3. The fraction of sp³-hybridized carbons (Fsp3) is 0.350. The molecule has 7 heteroatoms. The van der Waals surface area contributed by atoms with Crippen molar-refractivity contribution in [3.05, 3.63) is 58.6 Å². The van der Waals surface area contributed by atoms with E-state index in [0.717, 1.165) is 24.8 Å². The van der Waals surface area contributed by atoms with Gasteiger partial charge < -0.3 is 5.32 Å². The molecule has 3 rings (SSSR count). The predicted molar refractivity (Wildman–Crippen MR) is 108 cm³/mol. The highest BCUT2D eigenvalue weighted by Gasteiger charge is 2.30. The van der Waals surface area contributed by atoms with Gasteiger partial charge in [0.2, 0.25) is 10.0 Å². The molecule has 0 spiro atoms. The van der Waals surface area contributed by atoms with Crippen molar-refractivity contribution in [3.8, 4) is 0 Å². The molecule has 2 aromatic carbocycles. The van der Waals surface area contributed by atoms with E-state index < -0.39 is 10.0 Å². The third kappa shape index (κ3) is 4.34. The number of sulfonamides is 1. The fourth-order valence-corrected chi connectivity index (χ4v) is 5.10. The SMILES string of the molecule is Cc1ccc(NC(=O)c2ccc(S(=O)(=O)N3CCCC[C@@H]3C)cc2)cc1Cl. The van der Waals surface area contributed by atoms with Gasteiger partial charge in [-0.1, -0.05) is 24.1 Å². The molecule has 0 saturated carbocycles. The van der Waals surface area contributed by atoms with Crippen LogP contribution in [-0.2, 0) is 10.0 Å². The molecule has 1 saturated heterocycles. The van der Waals surface area contributed by atoms with Gasteiger partial charge in [-0.2, -0.15) is 4.31 Å². The number of carbonyl (C=O) groups excluding carboxylic acids is 1. The minimum atomic E-state index is -3.54. The Morgan fingerprint density at radius 1 is 1.15 bits per heavy atom. The van der Waals surface area contributed by atoms with Crippen LogP contribution in [0.4, 0.5) is 5.69 Å². The number of anilines is 1. The zero-order chi connectivity index (χ0) is 19.6. The molecule has 1 atom stereocenters. The summed E-state index contributed by atoms with van der Waals surface area (Å²) in [4.78, 5) is 12.6. The van der Waals surface area contributed by atoms with Gasteiger partial charge in [0.05, 0.1) is 4.90 Å². The summed E-state index contributed by atoms with van der Waals surface area (Å²) in [5.41, 5.74) is 1.91. The van der Waals surface area contributed by atoms with Crippen LogP contribution >= 0.6 is 11.6 Å². The molecule has 1 heterocycles. The lowest BCUT2D eigenvalue weighted by Gasteiger charge is -2.32. The second-order valence-electron chi connectivity index (χ2n) is 6.90. The zero-order valence-electron chi connectivity index (χ0n) is 15.4. The molecule has 1 aliphatic heterocycles. The molecule has 1 N–H and O–H groups in total. The lowest BCUT2D eigenvalue weighted by Crippen LogP contribution is -2.41. The minimum Gasteiger partial charge on any atom is -0.322 e. The molecular formula is C20H23ClN2O3S. The van der Waals surface area contributed by atoms with Crippen LogP contribution in [0.2, 0.25) is 5.02 Å². The first-order valence-electron chi connectivity index (χ1n) is 8.98. The first-order valence-corrected chi connectivity index (χ1v) is 10.8. The van der Waals surface area contributed by atoms with Crippen LogP contribution in [0.1, 0.15) is 42.1 Å². The summed E-state index contributed by atoms with van der Waals surface area (Å²) in [6.07, 6.45) is 2.80. The van der Waals surface area contributed by atoms with Gasteiger partial charge in [0.1, 0.15) is 0 Å². The van der Waals surface area contributed by atoms with E-state index in [4.69, 9.17) is 11.6 Å². The average Bonchev–Trinajstić information content (AvgIpc) is 2.65. The average molecular weight is 407 g/mol. The summed E-state index contributed by atoms with van der Waals surface area (Å²) >= 11 is 6.08. The summed E-state index contributed by atoms with van der Waals surface area (Å²) in [6.45, 7) is 4.36. The Bertz CT molecular complexity index is 942. The highest BCUT2D eigenvalue weighted by Crippen LogP contribution is 2.25. The first kappa shape index (κ1) is 19.9. The molecule has 0 aliphatic carbocycles. The van der Waals surface area contributed by atoms with Gasteiger partial charge in [-0.05, 0) is 68.7 Å². The van der Waals surface area contributed by atoms with E-state index in [-0.39, 0.29) is 16.8 Å². The van der Waals surface area contributed by atoms with Gasteiger partial charge in [0.15, 0.2) is 0 Å². The van der Waals surface area contributed by atoms with E-state index in [0.29, 0.717) is 22.8 Å². The molecule has 2 aromatic rings. The fourth-order valence-electron chi connectivity index (χ4n) is 3.22. The van der Waals surface area contributed by atoms with Crippen LogP contribution in [0.3, 0.4) is 0 Å². The first-order chi connectivity index (χ1) is 12.8. The summed E-state index contributed by atoms with van der Waals surface area (Å²) in [5.74, 6) is -0.315. The van der Waals surface area contributed by atoms with E-state index >= 15 is 0 Å². The molecule has 144 valence electrons. The van der Waals surface area contributed by atoms with Gasteiger partial charge >= 0.3 is 0 Å².